The zero-order chi connectivity index (χ0) is 13.4. The van der Waals surface area contributed by atoms with E-state index in [1.165, 1.54) is 0 Å². The first kappa shape index (κ1) is 14.0. The molecule has 0 spiro atoms. The van der Waals surface area contributed by atoms with Crippen LogP contribution in [-0.4, -0.2) is 18.5 Å². The lowest BCUT2D eigenvalue weighted by atomic mass is 10.2. The number of rotatable bonds is 5. The molecule has 0 saturated carbocycles. The maximum atomic E-state index is 8.49. The standard InChI is InChI=1S/C14H19N3O/c1-4-13(17-12(3)16-10-15)9-18-14-8-6-5-7-11(14)2/h5-8,13H,4,9H2,1-3H3,(H,16,17)/t13-/m0/s1. The summed E-state index contributed by atoms with van der Waals surface area (Å²) in [5.74, 6) is 1.51. The summed E-state index contributed by atoms with van der Waals surface area (Å²) in [5, 5.41) is 11.0. The zero-order valence-electron chi connectivity index (χ0n) is 11.1. The quantitative estimate of drug-likeness (QED) is 0.375. The maximum absolute atomic E-state index is 8.49. The Morgan fingerprint density at radius 2 is 2.22 bits per heavy atom. The highest BCUT2D eigenvalue weighted by Gasteiger charge is 2.07. The number of aryl methyl sites for hydroxylation is 1. The number of benzene rings is 1. The molecule has 1 rings (SSSR count). The molecular weight excluding hydrogens is 226 g/mol. The van der Waals surface area contributed by atoms with E-state index in [2.05, 4.69) is 17.2 Å². The minimum atomic E-state index is 0.0606. The third-order valence-corrected chi connectivity index (χ3v) is 2.61. The third kappa shape index (κ3) is 4.46. The van der Waals surface area contributed by atoms with Gasteiger partial charge < -0.3 is 4.74 Å². The van der Waals surface area contributed by atoms with E-state index in [-0.39, 0.29) is 6.04 Å². The van der Waals surface area contributed by atoms with Gasteiger partial charge in [0.15, 0.2) is 6.19 Å². The van der Waals surface area contributed by atoms with Gasteiger partial charge in [-0.15, -0.1) is 0 Å². The van der Waals surface area contributed by atoms with E-state index in [9.17, 15) is 0 Å². The van der Waals surface area contributed by atoms with E-state index in [0.29, 0.717) is 12.4 Å². The molecule has 0 saturated heterocycles. The van der Waals surface area contributed by atoms with Crippen molar-refractivity contribution in [3.8, 4) is 11.9 Å². The lowest BCUT2D eigenvalue weighted by molar-refractivity contribution is 0.284. The van der Waals surface area contributed by atoms with Crippen LogP contribution in [-0.2, 0) is 0 Å². The van der Waals surface area contributed by atoms with Gasteiger partial charge in [0.25, 0.3) is 0 Å². The van der Waals surface area contributed by atoms with Crippen LogP contribution in [0, 0.1) is 18.4 Å². The normalized spacial score (nSPS) is 12.7. The fraction of sp³-hybridized carbons (Fsp3) is 0.429. The molecule has 4 heteroatoms. The number of amidine groups is 1. The van der Waals surface area contributed by atoms with E-state index in [0.717, 1.165) is 17.7 Å². The molecule has 0 aliphatic heterocycles. The van der Waals surface area contributed by atoms with E-state index >= 15 is 0 Å². The Morgan fingerprint density at radius 3 is 2.83 bits per heavy atom. The maximum Gasteiger partial charge on any atom is 0.182 e. The second-order valence-corrected chi connectivity index (χ2v) is 4.09. The SMILES string of the molecule is CC[C@@H](COc1ccccc1C)N=C(C)NC#N. The van der Waals surface area contributed by atoms with Crippen LogP contribution in [0.5, 0.6) is 5.75 Å². The van der Waals surface area contributed by atoms with Crippen LogP contribution in [0.1, 0.15) is 25.8 Å². The lowest BCUT2D eigenvalue weighted by Crippen LogP contribution is -2.21. The number of para-hydroxylation sites is 1. The third-order valence-electron chi connectivity index (χ3n) is 2.61. The highest BCUT2D eigenvalue weighted by molar-refractivity contribution is 5.80. The van der Waals surface area contributed by atoms with Crippen molar-refractivity contribution in [3.05, 3.63) is 29.8 Å². The van der Waals surface area contributed by atoms with Gasteiger partial charge in [0.05, 0.1) is 6.04 Å². The van der Waals surface area contributed by atoms with Gasteiger partial charge in [-0.1, -0.05) is 25.1 Å². The Morgan fingerprint density at radius 1 is 1.50 bits per heavy atom. The van der Waals surface area contributed by atoms with Crippen molar-refractivity contribution in [1.82, 2.24) is 5.32 Å². The Balaban J connectivity index is 2.58. The smallest absolute Gasteiger partial charge is 0.182 e. The highest BCUT2D eigenvalue weighted by Crippen LogP contribution is 2.16. The van der Waals surface area contributed by atoms with Crippen molar-refractivity contribution in [2.24, 2.45) is 4.99 Å². The zero-order valence-corrected chi connectivity index (χ0v) is 11.1. The van der Waals surface area contributed by atoms with Gasteiger partial charge in [-0.3, -0.25) is 10.3 Å². The number of ether oxygens (including phenoxy) is 1. The van der Waals surface area contributed by atoms with Crippen LogP contribution in [0.2, 0.25) is 0 Å². The monoisotopic (exact) mass is 245 g/mol. The minimum absolute atomic E-state index is 0.0606. The highest BCUT2D eigenvalue weighted by atomic mass is 16.5. The molecule has 0 unspecified atom stereocenters. The largest absolute Gasteiger partial charge is 0.491 e. The van der Waals surface area contributed by atoms with Crippen LogP contribution in [0.3, 0.4) is 0 Å². The predicted octanol–water partition coefficient (Wildman–Crippen LogP) is 2.64. The van der Waals surface area contributed by atoms with Crippen LogP contribution in [0.25, 0.3) is 0 Å². The van der Waals surface area contributed by atoms with Crippen molar-refractivity contribution in [3.63, 3.8) is 0 Å². The summed E-state index contributed by atoms with van der Waals surface area (Å²) < 4.78 is 5.75. The number of nitrogens with one attached hydrogen (secondary N) is 1. The topological polar surface area (TPSA) is 57.4 Å². The first-order valence-electron chi connectivity index (χ1n) is 6.05. The number of hydrogen-bond acceptors (Lipinski definition) is 3. The molecule has 4 nitrogen and oxygen atoms in total. The van der Waals surface area contributed by atoms with E-state index in [1.54, 1.807) is 6.92 Å². The van der Waals surface area contributed by atoms with E-state index in [4.69, 9.17) is 10.00 Å². The summed E-state index contributed by atoms with van der Waals surface area (Å²) in [4.78, 5) is 4.39. The summed E-state index contributed by atoms with van der Waals surface area (Å²) in [6.07, 6.45) is 2.73. The van der Waals surface area contributed by atoms with Gasteiger partial charge in [-0.25, -0.2) is 0 Å². The Bertz CT molecular complexity index is 449. The predicted molar refractivity (Wildman–Crippen MR) is 72.6 cm³/mol. The van der Waals surface area contributed by atoms with E-state index < -0.39 is 0 Å². The Kier molecular flexibility index (Phi) is 5.72. The summed E-state index contributed by atoms with van der Waals surface area (Å²) in [5.41, 5.74) is 1.11. The van der Waals surface area contributed by atoms with Crippen LogP contribution >= 0.6 is 0 Å². The van der Waals surface area contributed by atoms with Gasteiger partial charge in [0.1, 0.15) is 18.2 Å². The molecule has 0 aromatic heterocycles. The fourth-order valence-electron chi connectivity index (χ4n) is 1.54. The van der Waals surface area contributed by atoms with Gasteiger partial charge in [-0.05, 0) is 31.9 Å². The molecule has 0 bridgehead atoms. The van der Waals surface area contributed by atoms with Crippen molar-refractivity contribution in [2.45, 2.75) is 33.2 Å². The Labute approximate surface area is 108 Å². The molecule has 1 N–H and O–H groups in total. The first-order chi connectivity index (χ1) is 8.67. The van der Waals surface area contributed by atoms with Crippen LogP contribution < -0.4 is 10.1 Å². The van der Waals surface area contributed by atoms with Crippen molar-refractivity contribution < 1.29 is 4.74 Å². The Hall–Kier alpha value is -2.02. The van der Waals surface area contributed by atoms with Crippen LogP contribution in [0.15, 0.2) is 29.3 Å². The number of aliphatic imine (C=N–C) groups is 1. The number of hydrogen-bond donors (Lipinski definition) is 1. The second kappa shape index (κ2) is 7.33. The van der Waals surface area contributed by atoms with Crippen molar-refractivity contribution >= 4 is 5.84 Å². The first-order valence-corrected chi connectivity index (χ1v) is 6.05. The molecule has 0 amide bonds. The average Bonchev–Trinajstić information content (AvgIpc) is 2.36. The summed E-state index contributed by atoms with van der Waals surface area (Å²) >= 11 is 0. The lowest BCUT2D eigenvalue weighted by Gasteiger charge is -2.14. The number of nitriles is 1. The molecule has 0 aliphatic carbocycles. The van der Waals surface area contributed by atoms with Crippen LogP contribution in [0.4, 0.5) is 0 Å². The average molecular weight is 245 g/mol. The van der Waals surface area contributed by atoms with Gasteiger partial charge in [0, 0.05) is 0 Å². The molecule has 1 aromatic rings. The minimum Gasteiger partial charge on any atom is -0.491 e. The summed E-state index contributed by atoms with van der Waals surface area (Å²) in [6.45, 7) is 6.36. The van der Waals surface area contributed by atoms with E-state index in [1.807, 2.05) is 37.4 Å². The molecule has 0 heterocycles. The molecule has 1 aromatic carbocycles. The van der Waals surface area contributed by atoms with Crippen molar-refractivity contribution in [2.75, 3.05) is 6.61 Å². The summed E-state index contributed by atoms with van der Waals surface area (Å²) in [6, 6.07) is 7.97. The second-order valence-electron chi connectivity index (χ2n) is 4.09. The molecule has 1 atom stereocenters. The molecule has 18 heavy (non-hydrogen) atoms. The molecular formula is C14H19N3O. The fourth-order valence-corrected chi connectivity index (χ4v) is 1.54. The summed E-state index contributed by atoms with van der Waals surface area (Å²) in [7, 11) is 0. The van der Waals surface area contributed by atoms with Gasteiger partial charge in [0.2, 0.25) is 0 Å². The molecule has 0 fully saturated rings. The number of nitrogens with zero attached hydrogens (tertiary/aromatic N) is 2. The van der Waals surface area contributed by atoms with Gasteiger partial charge >= 0.3 is 0 Å². The molecule has 0 aliphatic rings. The van der Waals surface area contributed by atoms with Crippen molar-refractivity contribution in [1.29, 1.82) is 5.26 Å². The van der Waals surface area contributed by atoms with Gasteiger partial charge in [-0.2, -0.15) is 5.26 Å². The molecule has 96 valence electrons. The molecule has 0 radical (unpaired) electrons.